The van der Waals surface area contributed by atoms with Gasteiger partial charge in [0.2, 0.25) is 0 Å². The quantitative estimate of drug-likeness (QED) is 0.860. The molecule has 0 saturated heterocycles. The minimum absolute atomic E-state index is 0.0562. The van der Waals surface area contributed by atoms with Gasteiger partial charge in [-0.1, -0.05) is 39.0 Å². The summed E-state index contributed by atoms with van der Waals surface area (Å²) in [5, 5.41) is 1.14. The van der Waals surface area contributed by atoms with Crippen molar-refractivity contribution in [1.29, 1.82) is 0 Å². The maximum absolute atomic E-state index is 6.30. The van der Waals surface area contributed by atoms with Crippen molar-refractivity contribution in [3.8, 4) is 0 Å². The van der Waals surface area contributed by atoms with Crippen LogP contribution in [0.5, 0.6) is 0 Å². The molecular formula is C15H21NO. The number of aryl methyl sites for hydroxylation is 1. The average Bonchev–Trinajstić information content (AvgIpc) is 2.73. The molecule has 0 fully saturated rings. The summed E-state index contributed by atoms with van der Waals surface area (Å²) in [5.41, 5.74) is 8.49. The van der Waals surface area contributed by atoms with Gasteiger partial charge in [-0.15, -0.1) is 0 Å². The fourth-order valence-corrected chi connectivity index (χ4v) is 1.99. The van der Waals surface area contributed by atoms with E-state index in [1.807, 2.05) is 6.07 Å². The zero-order valence-electron chi connectivity index (χ0n) is 11.1. The molecule has 0 amide bonds. The molecule has 0 aliphatic carbocycles. The Morgan fingerprint density at radius 3 is 2.65 bits per heavy atom. The van der Waals surface area contributed by atoms with Gasteiger partial charge < -0.3 is 10.2 Å². The van der Waals surface area contributed by atoms with Gasteiger partial charge in [-0.3, -0.25) is 0 Å². The fourth-order valence-electron chi connectivity index (χ4n) is 1.99. The number of fused-ring (bicyclic) bond motifs is 1. The lowest BCUT2D eigenvalue weighted by molar-refractivity contribution is 0.250. The first kappa shape index (κ1) is 12.2. The van der Waals surface area contributed by atoms with Crippen LogP contribution in [-0.2, 0) is 0 Å². The van der Waals surface area contributed by atoms with Crippen molar-refractivity contribution in [1.82, 2.24) is 0 Å². The Bertz CT molecular complexity index is 525. The van der Waals surface area contributed by atoms with Crippen molar-refractivity contribution < 1.29 is 4.42 Å². The van der Waals surface area contributed by atoms with E-state index >= 15 is 0 Å². The summed E-state index contributed by atoms with van der Waals surface area (Å²) in [5.74, 6) is 0.890. The summed E-state index contributed by atoms with van der Waals surface area (Å²) >= 11 is 0. The van der Waals surface area contributed by atoms with E-state index in [0.29, 0.717) is 0 Å². The molecule has 1 aromatic heterocycles. The van der Waals surface area contributed by atoms with Crippen LogP contribution >= 0.6 is 0 Å². The molecule has 2 heteroatoms. The molecule has 2 rings (SSSR count). The highest BCUT2D eigenvalue weighted by Gasteiger charge is 2.28. The highest BCUT2D eigenvalue weighted by molar-refractivity contribution is 5.81. The van der Waals surface area contributed by atoms with E-state index in [-0.39, 0.29) is 11.5 Å². The number of rotatable bonds is 3. The number of para-hydroxylation sites is 1. The molecule has 2 nitrogen and oxygen atoms in total. The molecule has 2 aromatic rings. The van der Waals surface area contributed by atoms with Crippen molar-refractivity contribution in [3.63, 3.8) is 0 Å². The Labute approximate surface area is 103 Å². The highest BCUT2D eigenvalue weighted by Crippen LogP contribution is 2.37. The number of nitrogens with two attached hydrogens (primary N) is 1. The zero-order valence-corrected chi connectivity index (χ0v) is 11.1. The molecule has 1 aromatic carbocycles. The lowest BCUT2D eigenvalue weighted by Crippen LogP contribution is -2.28. The van der Waals surface area contributed by atoms with Gasteiger partial charge in [0.1, 0.15) is 11.3 Å². The van der Waals surface area contributed by atoms with Crippen molar-refractivity contribution in [3.05, 3.63) is 35.6 Å². The van der Waals surface area contributed by atoms with Crippen molar-refractivity contribution in [2.45, 2.75) is 40.2 Å². The molecule has 1 atom stereocenters. The first-order chi connectivity index (χ1) is 7.95. The van der Waals surface area contributed by atoms with Gasteiger partial charge in [0, 0.05) is 5.39 Å². The van der Waals surface area contributed by atoms with Crippen LogP contribution < -0.4 is 5.73 Å². The molecule has 0 radical (unpaired) electrons. The highest BCUT2D eigenvalue weighted by atomic mass is 16.3. The summed E-state index contributed by atoms with van der Waals surface area (Å²) in [7, 11) is 0. The minimum Gasteiger partial charge on any atom is -0.459 e. The van der Waals surface area contributed by atoms with E-state index < -0.39 is 0 Å². The maximum atomic E-state index is 6.30. The Balaban J connectivity index is 2.47. The second-order valence-corrected chi connectivity index (χ2v) is 5.46. The topological polar surface area (TPSA) is 39.2 Å². The van der Waals surface area contributed by atoms with Crippen molar-refractivity contribution in [2.75, 3.05) is 0 Å². The van der Waals surface area contributed by atoms with Gasteiger partial charge in [-0.25, -0.2) is 0 Å². The fraction of sp³-hybridized carbons (Fsp3) is 0.467. The summed E-state index contributed by atoms with van der Waals surface area (Å²) in [6.07, 6.45) is 1.03. The molecule has 0 aliphatic rings. The first-order valence-corrected chi connectivity index (χ1v) is 6.20. The molecule has 0 spiro atoms. The van der Waals surface area contributed by atoms with Crippen molar-refractivity contribution in [2.24, 2.45) is 11.1 Å². The van der Waals surface area contributed by atoms with Gasteiger partial charge in [-0.2, -0.15) is 0 Å². The van der Waals surface area contributed by atoms with Crippen LogP contribution in [0.4, 0.5) is 0 Å². The lowest BCUT2D eigenvalue weighted by atomic mass is 9.81. The number of furan rings is 1. The van der Waals surface area contributed by atoms with Gasteiger partial charge in [0.15, 0.2) is 0 Å². The van der Waals surface area contributed by atoms with Gasteiger partial charge in [0.05, 0.1) is 6.04 Å². The van der Waals surface area contributed by atoms with Crippen LogP contribution in [0.25, 0.3) is 11.0 Å². The van der Waals surface area contributed by atoms with Gasteiger partial charge in [0.25, 0.3) is 0 Å². The van der Waals surface area contributed by atoms with E-state index in [2.05, 4.69) is 45.9 Å². The molecule has 2 N–H and O–H groups in total. The standard InChI is InChI=1S/C15H21NO/c1-5-15(3,4)14(16)12-9-11-8-6-7-10(2)13(11)17-12/h6-9,14H,5,16H2,1-4H3. The second-order valence-electron chi connectivity index (χ2n) is 5.46. The van der Waals surface area contributed by atoms with E-state index in [9.17, 15) is 0 Å². The van der Waals surface area contributed by atoms with Crippen LogP contribution in [0.3, 0.4) is 0 Å². The molecule has 0 bridgehead atoms. The Morgan fingerprint density at radius 1 is 1.35 bits per heavy atom. The lowest BCUT2D eigenvalue weighted by Gasteiger charge is -2.28. The normalized spacial score (nSPS) is 14.2. The molecule has 17 heavy (non-hydrogen) atoms. The third-order valence-corrected chi connectivity index (χ3v) is 3.82. The maximum Gasteiger partial charge on any atom is 0.137 e. The van der Waals surface area contributed by atoms with Crippen LogP contribution in [0, 0.1) is 12.3 Å². The van der Waals surface area contributed by atoms with Gasteiger partial charge >= 0.3 is 0 Å². The molecule has 1 heterocycles. The molecular weight excluding hydrogens is 210 g/mol. The third kappa shape index (κ3) is 2.09. The summed E-state index contributed by atoms with van der Waals surface area (Å²) in [6.45, 7) is 8.58. The SMILES string of the molecule is CCC(C)(C)C(N)c1cc2cccc(C)c2o1. The molecule has 0 aliphatic heterocycles. The first-order valence-electron chi connectivity index (χ1n) is 6.20. The number of hydrogen-bond donors (Lipinski definition) is 1. The van der Waals surface area contributed by atoms with Crippen molar-refractivity contribution >= 4 is 11.0 Å². The van der Waals surface area contributed by atoms with E-state index in [4.69, 9.17) is 10.2 Å². The molecule has 1 unspecified atom stereocenters. The predicted molar refractivity (Wildman–Crippen MR) is 72.0 cm³/mol. The van der Waals surface area contributed by atoms with E-state index in [0.717, 1.165) is 28.7 Å². The minimum atomic E-state index is -0.0562. The Hall–Kier alpha value is -1.28. The summed E-state index contributed by atoms with van der Waals surface area (Å²) < 4.78 is 5.92. The van der Waals surface area contributed by atoms with Crippen LogP contribution in [-0.4, -0.2) is 0 Å². The van der Waals surface area contributed by atoms with E-state index in [1.54, 1.807) is 0 Å². The Morgan fingerprint density at radius 2 is 2.06 bits per heavy atom. The smallest absolute Gasteiger partial charge is 0.137 e. The third-order valence-electron chi connectivity index (χ3n) is 3.82. The number of benzene rings is 1. The Kier molecular flexibility index (Phi) is 3.00. The largest absolute Gasteiger partial charge is 0.459 e. The monoisotopic (exact) mass is 231 g/mol. The zero-order chi connectivity index (χ0) is 12.6. The van der Waals surface area contributed by atoms with E-state index in [1.165, 1.54) is 0 Å². The average molecular weight is 231 g/mol. The molecule has 0 saturated carbocycles. The van der Waals surface area contributed by atoms with Gasteiger partial charge in [-0.05, 0) is 30.4 Å². The summed E-state index contributed by atoms with van der Waals surface area (Å²) in [6, 6.07) is 8.20. The number of hydrogen-bond acceptors (Lipinski definition) is 2. The molecule has 92 valence electrons. The second kappa shape index (κ2) is 4.19. The van der Waals surface area contributed by atoms with Crippen LogP contribution in [0.1, 0.15) is 44.6 Å². The summed E-state index contributed by atoms with van der Waals surface area (Å²) in [4.78, 5) is 0. The van der Waals surface area contributed by atoms with Crippen LogP contribution in [0.2, 0.25) is 0 Å². The predicted octanol–water partition coefficient (Wildman–Crippen LogP) is 4.18. The van der Waals surface area contributed by atoms with Crippen LogP contribution in [0.15, 0.2) is 28.7 Å².